The number of aryl methyl sites for hydroxylation is 1. The van der Waals surface area contributed by atoms with Crippen LogP contribution in [0, 0.1) is 0 Å². The minimum atomic E-state index is -0.184. The quantitative estimate of drug-likeness (QED) is 0.627. The van der Waals surface area contributed by atoms with Crippen LogP contribution in [0.15, 0.2) is 33.3 Å². The maximum absolute atomic E-state index is 6.27. The molecule has 110 valence electrons. The van der Waals surface area contributed by atoms with Crippen LogP contribution in [-0.2, 0) is 13.0 Å². The largest absolute Gasteiger partial charge is 0.444 e. The van der Waals surface area contributed by atoms with Crippen molar-refractivity contribution >= 4 is 38.6 Å². The van der Waals surface area contributed by atoms with Gasteiger partial charge < -0.3 is 8.98 Å². The summed E-state index contributed by atoms with van der Waals surface area (Å²) in [5.74, 6) is 2.38. The number of aromatic nitrogens is 3. The molecule has 2 aromatic heterocycles. The average Bonchev–Trinajstić information content (AvgIpc) is 3.04. The van der Waals surface area contributed by atoms with Gasteiger partial charge in [0.05, 0.1) is 22.6 Å². The first kappa shape index (κ1) is 14.6. The Labute approximate surface area is 136 Å². The van der Waals surface area contributed by atoms with Crippen LogP contribution >= 0.6 is 27.5 Å². The van der Waals surface area contributed by atoms with Crippen molar-refractivity contribution in [3.8, 4) is 0 Å². The lowest BCUT2D eigenvalue weighted by Gasteiger charge is -2.08. The number of nitrogens with zero attached hydrogens (tertiary/aromatic N) is 3. The second-order valence-corrected chi connectivity index (χ2v) is 6.45. The lowest BCUT2D eigenvalue weighted by Crippen LogP contribution is -2.06. The van der Waals surface area contributed by atoms with Gasteiger partial charge >= 0.3 is 0 Å². The van der Waals surface area contributed by atoms with Crippen molar-refractivity contribution in [3.63, 3.8) is 0 Å². The Kier molecular flexibility index (Phi) is 4.04. The Morgan fingerprint density at radius 1 is 1.43 bits per heavy atom. The number of hydrogen-bond donors (Lipinski definition) is 0. The van der Waals surface area contributed by atoms with E-state index in [-0.39, 0.29) is 5.38 Å². The first-order valence-corrected chi connectivity index (χ1v) is 8.04. The zero-order valence-corrected chi connectivity index (χ0v) is 14.1. The van der Waals surface area contributed by atoms with Gasteiger partial charge in [-0.2, -0.15) is 0 Å². The third kappa shape index (κ3) is 2.85. The Morgan fingerprint density at radius 3 is 2.90 bits per heavy atom. The van der Waals surface area contributed by atoms with Gasteiger partial charge in [0.2, 0.25) is 5.89 Å². The lowest BCUT2D eigenvalue weighted by atomic mass is 10.3. The molecule has 2 heterocycles. The lowest BCUT2D eigenvalue weighted by molar-refractivity contribution is 0.445. The molecule has 21 heavy (non-hydrogen) atoms. The molecule has 0 fully saturated rings. The predicted octanol–water partition coefficient (Wildman–Crippen LogP) is 4.70. The van der Waals surface area contributed by atoms with E-state index in [1.807, 2.05) is 32.0 Å². The highest BCUT2D eigenvalue weighted by Crippen LogP contribution is 2.27. The molecule has 0 spiro atoms. The number of fused-ring (bicyclic) bond motifs is 1. The summed E-state index contributed by atoms with van der Waals surface area (Å²) < 4.78 is 8.76. The molecule has 3 rings (SSSR count). The van der Waals surface area contributed by atoms with Gasteiger partial charge in [-0.15, -0.1) is 11.6 Å². The molecule has 4 nitrogen and oxygen atoms in total. The monoisotopic (exact) mass is 367 g/mol. The molecule has 1 aromatic carbocycles. The van der Waals surface area contributed by atoms with E-state index < -0.39 is 0 Å². The average molecular weight is 369 g/mol. The molecule has 1 unspecified atom stereocenters. The molecule has 0 saturated heterocycles. The highest BCUT2D eigenvalue weighted by Gasteiger charge is 2.17. The second-order valence-electron chi connectivity index (χ2n) is 4.88. The van der Waals surface area contributed by atoms with Crippen LogP contribution in [0.5, 0.6) is 0 Å². The Bertz CT molecular complexity index is 778. The molecule has 0 saturated carbocycles. The van der Waals surface area contributed by atoms with Gasteiger partial charge in [-0.1, -0.05) is 22.9 Å². The van der Waals surface area contributed by atoms with E-state index in [1.165, 1.54) is 0 Å². The minimum absolute atomic E-state index is 0.184. The van der Waals surface area contributed by atoms with Crippen molar-refractivity contribution in [2.45, 2.75) is 32.2 Å². The standard InChI is InChI=1S/C15H15BrClN3O/c1-3-11-7-18-14(21-11)8-20-13-5-4-10(16)6-12(13)19-15(20)9(2)17/h4-7,9H,3,8H2,1-2H3. The third-order valence-electron chi connectivity index (χ3n) is 3.34. The topological polar surface area (TPSA) is 43.9 Å². The zero-order chi connectivity index (χ0) is 15.0. The summed E-state index contributed by atoms with van der Waals surface area (Å²) in [7, 11) is 0. The zero-order valence-electron chi connectivity index (χ0n) is 11.8. The number of alkyl halides is 1. The van der Waals surface area contributed by atoms with Crippen molar-refractivity contribution in [2.75, 3.05) is 0 Å². The SMILES string of the molecule is CCc1cnc(Cn2c(C(C)Cl)nc3cc(Br)ccc32)o1. The molecule has 0 radical (unpaired) electrons. The van der Waals surface area contributed by atoms with Crippen LogP contribution in [0.25, 0.3) is 11.0 Å². The van der Waals surface area contributed by atoms with E-state index in [1.54, 1.807) is 6.20 Å². The highest BCUT2D eigenvalue weighted by molar-refractivity contribution is 9.10. The van der Waals surface area contributed by atoms with E-state index in [9.17, 15) is 0 Å². The number of benzene rings is 1. The third-order valence-corrected chi connectivity index (χ3v) is 4.03. The molecule has 0 bridgehead atoms. The summed E-state index contributed by atoms with van der Waals surface area (Å²) in [6.45, 7) is 4.49. The van der Waals surface area contributed by atoms with Crippen LogP contribution in [0.1, 0.15) is 36.7 Å². The molecule has 6 heteroatoms. The fraction of sp³-hybridized carbons (Fsp3) is 0.333. The van der Waals surface area contributed by atoms with E-state index in [4.69, 9.17) is 16.0 Å². The Morgan fingerprint density at radius 2 is 2.24 bits per heavy atom. The molecule has 3 aromatic rings. The fourth-order valence-electron chi connectivity index (χ4n) is 2.31. The normalized spacial score (nSPS) is 13.0. The summed E-state index contributed by atoms with van der Waals surface area (Å²) >= 11 is 9.74. The summed E-state index contributed by atoms with van der Waals surface area (Å²) in [5.41, 5.74) is 1.94. The Balaban J connectivity index is 2.08. The number of rotatable bonds is 4. The van der Waals surface area contributed by atoms with E-state index >= 15 is 0 Å². The highest BCUT2D eigenvalue weighted by atomic mass is 79.9. The van der Waals surface area contributed by atoms with Gasteiger partial charge in [0, 0.05) is 10.9 Å². The molecule has 0 N–H and O–H groups in total. The molecule has 0 amide bonds. The fourth-order valence-corrected chi connectivity index (χ4v) is 2.83. The minimum Gasteiger partial charge on any atom is -0.444 e. The first-order chi connectivity index (χ1) is 10.1. The van der Waals surface area contributed by atoms with Gasteiger partial charge in [-0.3, -0.25) is 0 Å². The summed E-state index contributed by atoms with van der Waals surface area (Å²) in [4.78, 5) is 8.95. The number of oxazole rings is 1. The van der Waals surface area contributed by atoms with Gasteiger partial charge in [0.25, 0.3) is 0 Å². The smallest absolute Gasteiger partial charge is 0.214 e. The molecule has 0 aliphatic heterocycles. The maximum atomic E-state index is 6.27. The van der Waals surface area contributed by atoms with Crippen LogP contribution in [0.2, 0.25) is 0 Å². The van der Waals surface area contributed by atoms with Gasteiger partial charge in [0.1, 0.15) is 18.1 Å². The van der Waals surface area contributed by atoms with Crippen molar-refractivity contribution in [1.29, 1.82) is 0 Å². The van der Waals surface area contributed by atoms with Crippen molar-refractivity contribution in [3.05, 3.63) is 46.3 Å². The molecular weight excluding hydrogens is 354 g/mol. The summed E-state index contributed by atoms with van der Waals surface area (Å²) in [5, 5.41) is -0.184. The van der Waals surface area contributed by atoms with Crippen molar-refractivity contribution in [1.82, 2.24) is 14.5 Å². The first-order valence-electron chi connectivity index (χ1n) is 6.81. The van der Waals surface area contributed by atoms with E-state index in [0.29, 0.717) is 12.4 Å². The van der Waals surface area contributed by atoms with E-state index in [2.05, 4.69) is 30.5 Å². The number of halogens is 2. The van der Waals surface area contributed by atoms with E-state index in [0.717, 1.165) is 33.5 Å². The summed E-state index contributed by atoms with van der Waals surface area (Å²) in [6, 6.07) is 6.01. The van der Waals surface area contributed by atoms with Gasteiger partial charge in [0.15, 0.2) is 0 Å². The summed E-state index contributed by atoms with van der Waals surface area (Å²) in [6.07, 6.45) is 2.61. The van der Waals surface area contributed by atoms with Crippen LogP contribution in [-0.4, -0.2) is 14.5 Å². The maximum Gasteiger partial charge on any atom is 0.214 e. The molecular formula is C15H15BrClN3O. The Hall–Kier alpha value is -1.33. The van der Waals surface area contributed by atoms with Gasteiger partial charge in [-0.25, -0.2) is 9.97 Å². The van der Waals surface area contributed by atoms with Crippen LogP contribution < -0.4 is 0 Å². The van der Waals surface area contributed by atoms with Gasteiger partial charge in [-0.05, 0) is 25.1 Å². The van der Waals surface area contributed by atoms with Crippen LogP contribution in [0.4, 0.5) is 0 Å². The second kappa shape index (κ2) is 5.81. The molecule has 0 aliphatic carbocycles. The predicted molar refractivity (Wildman–Crippen MR) is 86.7 cm³/mol. The van der Waals surface area contributed by atoms with Crippen molar-refractivity contribution < 1.29 is 4.42 Å². The molecule has 0 aliphatic rings. The van der Waals surface area contributed by atoms with Crippen molar-refractivity contribution in [2.24, 2.45) is 0 Å². The molecule has 1 atom stereocenters. The number of hydrogen-bond acceptors (Lipinski definition) is 3. The van der Waals surface area contributed by atoms with Crippen LogP contribution in [0.3, 0.4) is 0 Å². The number of imidazole rings is 1.